The molecule has 0 bridgehead atoms. The summed E-state index contributed by atoms with van der Waals surface area (Å²) in [5.74, 6) is -2.64. The van der Waals surface area contributed by atoms with Crippen LogP contribution < -0.4 is 5.43 Å². The number of carbonyl (C=O) groups is 2. The molecular weight excluding hydrogens is 609 g/mol. The molecule has 0 fully saturated rings. The number of halogens is 6. The van der Waals surface area contributed by atoms with Crippen LogP contribution in [0.15, 0.2) is 27.4 Å². The van der Waals surface area contributed by atoms with E-state index < -0.39 is 38.9 Å². The maximum absolute atomic E-state index is 13.3. The molecule has 0 saturated carbocycles. The SMILES string of the molecule is CC(C)(C)C(=O)c1cc(Cl)c(C(=O)O)c(-c2c3cc(Cl)c(=O)c(Cl)c-3oc3c(Cl)c(O)c(Cl)cc23)c1Cl. The fraction of sp³-hybridized carbons (Fsp3) is 0.160. The lowest BCUT2D eigenvalue weighted by molar-refractivity contribution is 0.0697. The Kier molecular flexibility index (Phi) is 7.17. The van der Waals surface area contributed by atoms with Crippen LogP contribution in [0.4, 0.5) is 0 Å². The molecule has 0 atom stereocenters. The van der Waals surface area contributed by atoms with Gasteiger partial charge in [0.1, 0.15) is 10.0 Å². The van der Waals surface area contributed by atoms with Crippen molar-refractivity contribution in [2.24, 2.45) is 5.41 Å². The number of phenolic OH excluding ortho intramolecular Hbond substituents is 1. The molecule has 0 spiro atoms. The first-order chi connectivity index (χ1) is 17.1. The van der Waals surface area contributed by atoms with E-state index in [1.54, 1.807) is 20.8 Å². The lowest BCUT2D eigenvalue weighted by Crippen LogP contribution is -2.21. The van der Waals surface area contributed by atoms with Crippen molar-refractivity contribution in [2.45, 2.75) is 20.8 Å². The van der Waals surface area contributed by atoms with E-state index >= 15 is 0 Å². The topological polar surface area (TPSA) is 105 Å². The van der Waals surface area contributed by atoms with Gasteiger partial charge in [0.05, 0.1) is 25.7 Å². The highest BCUT2D eigenvalue weighted by atomic mass is 35.5. The monoisotopic (exact) mass is 620 g/mol. The minimum Gasteiger partial charge on any atom is -0.505 e. The summed E-state index contributed by atoms with van der Waals surface area (Å²) in [5, 5.41) is 18.7. The Labute approximate surface area is 239 Å². The average Bonchev–Trinajstić information content (AvgIpc) is 2.80. The fourth-order valence-electron chi connectivity index (χ4n) is 3.90. The first kappa shape index (κ1) is 27.8. The molecule has 2 aromatic rings. The zero-order chi connectivity index (χ0) is 27.7. The van der Waals surface area contributed by atoms with Crippen molar-refractivity contribution in [2.75, 3.05) is 0 Å². The molecule has 2 aliphatic rings. The van der Waals surface area contributed by atoms with Crippen LogP contribution in [0.25, 0.3) is 33.4 Å². The summed E-state index contributed by atoms with van der Waals surface area (Å²) in [6, 6.07) is 3.66. The molecule has 0 radical (unpaired) electrons. The molecular formula is C25H14Cl6O6. The lowest BCUT2D eigenvalue weighted by Gasteiger charge is -2.23. The Hall–Kier alpha value is -2.19. The van der Waals surface area contributed by atoms with Crippen molar-refractivity contribution in [1.82, 2.24) is 0 Å². The molecule has 2 aromatic carbocycles. The number of hydrogen-bond donors (Lipinski definition) is 2. The summed E-state index contributed by atoms with van der Waals surface area (Å²) in [7, 11) is 0. The first-order valence-corrected chi connectivity index (χ1v) is 12.6. The van der Waals surface area contributed by atoms with Gasteiger partial charge < -0.3 is 14.6 Å². The highest BCUT2D eigenvalue weighted by Gasteiger charge is 2.34. The van der Waals surface area contributed by atoms with E-state index in [0.717, 1.165) is 0 Å². The van der Waals surface area contributed by atoms with Crippen LogP contribution in [0.2, 0.25) is 30.1 Å². The number of hydrogen-bond acceptors (Lipinski definition) is 5. The van der Waals surface area contributed by atoms with Crippen LogP contribution in [-0.4, -0.2) is 22.0 Å². The molecule has 37 heavy (non-hydrogen) atoms. The highest BCUT2D eigenvalue weighted by Crippen LogP contribution is 2.52. The number of rotatable bonds is 3. The molecule has 0 unspecified atom stereocenters. The molecule has 0 amide bonds. The third-order valence-corrected chi connectivity index (χ3v) is 7.58. The van der Waals surface area contributed by atoms with Crippen molar-refractivity contribution in [3.63, 3.8) is 0 Å². The van der Waals surface area contributed by atoms with E-state index in [-0.39, 0.29) is 64.1 Å². The van der Waals surface area contributed by atoms with E-state index in [4.69, 9.17) is 74.0 Å². The van der Waals surface area contributed by atoms with Gasteiger partial charge in [-0.1, -0.05) is 90.4 Å². The number of phenols is 1. The number of benzene rings is 3. The molecule has 6 nitrogen and oxygen atoms in total. The largest absolute Gasteiger partial charge is 0.505 e. The van der Waals surface area contributed by atoms with Gasteiger partial charge in [0.25, 0.3) is 0 Å². The normalized spacial score (nSPS) is 11.9. The summed E-state index contributed by atoms with van der Waals surface area (Å²) in [4.78, 5) is 38.2. The van der Waals surface area contributed by atoms with Gasteiger partial charge in [-0.05, 0) is 18.2 Å². The lowest BCUT2D eigenvalue weighted by atomic mass is 9.83. The summed E-state index contributed by atoms with van der Waals surface area (Å²) >= 11 is 38.1. The second kappa shape index (κ2) is 9.53. The van der Waals surface area contributed by atoms with Gasteiger partial charge in [0.15, 0.2) is 22.9 Å². The van der Waals surface area contributed by atoms with Gasteiger partial charge in [-0.3, -0.25) is 9.59 Å². The Morgan fingerprint density at radius 3 is 2.03 bits per heavy atom. The van der Waals surface area contributed by atoms with Gasteiger partial charge >= 0.3 is 5.97 Å². The van der Waals surface area contributed by atoms with E-state index in [0.29, 0.717) is 0 Å². The number of ketones is 1. The van der Waals surface area contributed by atoms with Crippen LogP contribution in [-0.2, 0) is 0 Å². The molecule has 12 heteroatoms. The van der Waals surface area contributed by atoms with E-state index in [2.05, 4.69) is 0 Å². The third-order valence-electron chi connectivity index (χ3n) is 5.63. The standard InChI is InChI=1S/C25H14Cl6O6/c1-25(2,3)23(34)9-6-10(26)14(24(35)36)15(16(9)29)13-7-4-11(27)19(32)17(30)21(7)37-22-8(13)5-12(28)20(33)18(22)31/h4-6,32H,1-3H3,(H,35,36). The second-order valence-electron chi connectivity index (χ2n) is 9.11. The fourth-order valence-corrected chi connectivity index (χ4v) is 5.50. The minimum absolute atomic E-state index is 0.0108. The van der Waals surface area contributed by atoms with E-state index in [1.807, 2.05) is 0 Å². The number of aromatic hydroxyl groups is 1. The zero-order valence-corrected chi connectivity index (χ0v) is 23.6. The van der Waals surface area contributed by atoms with Crippen molar-refractivity contribution < 1.29 is 24.2 Å². The van der Waals surface area contributed by atoms with Crippen LogP contribution in [0.1, 0.15) is 41.5 Å². The number of aromatic carboxylic acids is 1. The quantitative estimate of drug-likeness (QED) is 0.174. The molecule has 2 N–H and O–H groups in total. The van der Waals surface area contributed by atoms with Crippen LogP contribution >= 0.6 is 69.6 Å². The van der Waals surface area contributed by atoms with Crippen molar-refractivity contribution in [3.8, 4) is 28.2 Å². The Balaban J connectivity index is 2.38. The van der Waals surface area contributed by atoms with Gasteiger partial charge in [-0.15, -0.1) is 0 Å². The Bertz CT molecular complexity index is 1700. The van der Waals surface area contributed by atoms with Gasteiger partial charge in [0, 0.05) is 33.1 Å². The second-order valence-corrected chi connectivity index (χ2v) is 11.5. The number of carboxylic acid groups (broad SMARTS) is 1. The first-order valence-electron chi connectivity index (χ1n) is 10.3. The van der Waals surface area contributed by atoms with E-state index in [1.165, 1.54) is 18.2 Å². The van der Waals surface area contributed by atoms with Crippen molar-refractivity contribution in [3.05, 3.63) is 69.7 Å². The number of carboxylic acids is 1. The van der Waals surface area contributed by atoms with Gasteiger partial charge in [-0.25, -0.2) is 4.79 Å². The van der Waals surface area contributed by atoms with Crippen LogP contribution in [0.3, 0.4) is 0 Å². The average molecular weight is 623 g/mol. The third kappa shape index (κ3) is 4.44. The molecule has 0 aromatic heterocycles. The van der Waals surface area contributed by atoms with Gasteiger partial charge in [-0.2, -0.15) is 0 Å². The van der Waals surface area contributed by atoms with Crippen molar-refractivity contribution in [1.29, 1.82) is 0 Å². The Morgan fingerprint density at radius 1 is 0.838 bits per heavy atom. The summed E-state index contributed by atoms with van der Waals surface area (Å²) in [5.41, 5.74) is -2.49. The molecule has 1 aliphatic carbocycles. The summed E-state index contributed by atoms with van der Waals surface area (Å²) in [6.45, 7) is 4.98. The summed E-state index contributed by atoms with van der Waals surface area (Å²) < 4.78 is 5.81. The minimum atomic E-state index is -1.47. The van der Waals surface area contributed by atoms with Crippen LogP contribution in [0.5, 0.6) is 5.75 Å². The predicted molar refractivity (Wildman–Crippen MR) is 147 cm³/mol. The smallest absolute Gasteiger partial charge is 0.337 e. The molecule has 4 rings (SSSR count). The number of Topliss-reactive ketones (excluding diaryl/α,β-unsaturated/α-hetero) is 1. The highest BCUT2D eigenvalue weighted by molar-refractivity contribution is 6.44. The molecule has 1 aliphatic heterocycles. The molecule has 1 heterocycles. The number of fused-ring (bicyclic) bond motifs is 2. The number of carbonyl (C=O) groups excluding carboxylic acids is 1. The maximum atomic E-state index is 13.3. The van der Waals surface area contributed by atoms with Gasteiger partial charge in [0.2, 0.25) is 5.43 Å². The van der Waals surface area contributed by atoms with E-state index in [9.17, 15) is 24.6 Å². The van der Waals surface area contributed by atoms with Crippen molar-refractivity contribution >= 4 is 92.3 Å². The molecule has 192 valence electrons. The zero-order valence-electron chi connectivity index (χ0n) is 19.0. The predicted octanol–water partition coefficient (Wildman–Crippen LogP) is 9.12. The summed E-state index contributed by atoms with van der Waals surface area (Å²) in [6.07, 6.45) is 0. The maximum Gasteiger partial charge on any atom is 0.337 e. The van der Waals surface area contributed by atoms with Crippen LogP contribution in [0, 0.1) is 5.41 Å². The Morgan fingerprint density at radius 2 is 1.46 bits per heavy atom. The molecule has 0 saturated heterocycles.